The molecule has 0 bridgehead atoms. The van der Waals surface area contributed by atoms with Crippen molar-refractivity contribution >= 4 is 12.1 Å². The summed E-state index contributed by atoms with van der Waals surface area (Å²) in [5.41, 5.74) is 4.89. The van der Waals surface area contributed by atoms with E-state index in [-0.39, 0.29) is 0 Å². The number of nitrogens with zero attached hydrogens (tertiary/aromatic N) is 1. The van der Waals surface area contributed by atoms with Gasteiger partial charge in [-0.1, -0.05) is 6.92 Å². The Bertz CT molecular complexity index is 122. The highest BCUT2D eigenvalue weighted by Gasteiger charge is 2.08. The Morgan fingerprint density at radius 1 is 2.00 bits per heavy atom. The molecule has 0 spiro atoms. The molecule has 0 aromatic rings. The number of hydrogen-bond acceptors (Lipinski definition) is 3. The molecule has 0 aliphatic carbocycles. The van der Waals surface area contributed by atoms with E-state index in [1.54, 1.807) is 6.92 Å². The summed E-state index contributed by atoms with van der Waals surface area (Å²) < 4.78 is 0. The Kier molecular flexibility index (Phi) is 3.43. The Morgan fingerprint density at radius 2 is 2.56 bits per heavy atom. The average molecular weight is 130 g/mol. The molecule has 0 radical (unpaired) electrons. The quantitative estimate of drug-likeness (QED) is 0.319. The van der Waals surface area contributed by atoms with Gasteiger partial charge >= 0.3 is 0 Å². The SMILES string of the molecule is CCC(C=NO)C(N)=O. The number of carbonyl (C=O) groups excluding carboxylic acids is 1. The van der Waals surface area contributed by atoms with Gasteiger partial charge in [-0.2, -0.15) is 0 Å². The summed E-state index contributed by atoms with van der Waals surface area (Å²) in [6, 6.07) is 0. The second-order valence-corrected chi connectivity index (χ2v) is 1.68. The zero-order valence-corrected chi connectivity index (χ0v) is 5.24. The molecular formula is C5H10N2O2. The molecule has 0 aliphatic rings. The van der Waals surface area contributed by atoms with Crippen LogP contribution >= 0.6 is 0 Å². The fourth-order valence-corrected chi connectivity index (χ4v) is 0.461. The van der Waals surface area contributed by atoms with Crippen molar-refractivity contribution in [3.63, 3.8) is 0 Å². The van der Waals surface area contributed by atoms with Crippen LogP contribution in [0.2, 0.25) is 0 Å². The van der Waals surface area contributed by atoms with Gasteiger partial charge in [-0.05, 0) is 6.42 Å². The van der Waals surface area contributed by atoms with Gasteiger partial charge in [-0.3, -0.25) is 4.79 Å². The molecule has 4 heteroatoms. The van der Waals surface area contributed by atoms with Crippen LogP contribution in [0.5, 0.6) is 0 Å². The summed E-state index contributed by atoms with van der Waals surface area (Å²) in [6.45, 7) is 1.79. The first-order valence-electron chi connectivity index (χ1n) is 2.69. The maximum absolute atomic E-state index is 10.3. The van der Waals surface area contributed by atoms with Crippen molar-refractivity contribution in [3.8, 4) is 0 Å². The van der Waals surface area contributed by atoms with Gasteiger partial charge in [0.15, 0.2) is 0 Å². The number of rotatable bonds is 3. The van der Waals surface area contributed by atoms with Crippen LogP contribution in [-0.4, -0.2) is 17.3 Å². The van der Waals surface area contributed by atoms with Gasteiger partial charge in [-0.25, -0.2) is 0 Å². The molecule has 0 aromatic heterocycles. The first-order chi connectivity index (χ1) is 4.22. The van der Waals surface area contributed by atoms with Gasteiger partial charge in [0.05, 0.1) is 12.1 Å². The van der Waals surface area contributed by atoms with Gasteiger partial charge in [0, 0.05) is 0 Å². The maximum Gasteiger partial charge on any atom is 0.226 e. The van der Waals surface area contributed by atoms with E-state index >= 15 is 0 Å². The van der Waals surface area contributed by atoms with E-state index in [1.807, 2.05) is 0 Å². The summed E-state index contributed by atoms with van der Waals surface area (Å²) >= 11 is 0. The molecule has 0 saturated carbocycles. The zero-order chi connectivity index (χ0) is 7.28. The van der Waals surface area contributed by atoms with Gasteiger partial charge in [0.1, 0.15) is 0 Å². The molecule has 1 unspecified atom stereocenters. The number of nitrogens with two attached hydrogens (primary N) is 1. The molecule has 0 aliphatic heterocycles. The van der Waals surface area contributed by atoms with E-state index < -0.39 is 11.8 Å². The molecule has 0 aromatic carbocycles. The highest BCUT2D eigenvalue weighted by atomic mass is 16.4. The molecular weight excluding hydrogens is 120 g/mol. The van der Waals surface area contributed by atoms with Gasteiger partial charge in [-0.15, -0.1) is 5.16 Å². The van der Waals surface area contributed by atoms with Crippen molar-refractivity contribution in [2.24, 2.45) is 16.8 Å². The monoisotopic (exact) mass is 130 g/mol. The third-order valence-corrected chi connectivity index (χ3v) is 1.05. The highest BCUT2D eigenvalue weighted by Crippen LogP contribution is 1.95. The van der Waals surface area contributed by atoms with E-state index in [0.29, 0.717) is 6.42 Å². The molecule has 0 saturated heterocycles. The second-order valence-electron chi connectivity index (χ2n) is 1.68. The number of primary amides is 1. The Morgan fingerprint density at radius 3 is 2.67 bits per heavy atom. The predicted octanol–water partition coefficient (Wildman–Crippen LogP) is -0.0421. The summed E-state index contributed by atoms with van der Waals surface area (Å²) in [4.78, 5) is 10.3. The average Bonchev–Trinajstić information content (AvgIpc) is 1.82. The van der Waals surface area contributed by atoms with E-state index in [1.165, 1.54) is 0 Å². The van der Waals surface area contributed by atoms with Crippen LogP contribution < -0.4 is 5.73 Å². The minimum absolute atomic E-state index is 0.435. The number of amides is 1. The first kappa shape index (κ1) is 7.94. The van der Waals surface area contributed by atoms with E-state index in [0.717, 1.165) is 6.21 Å². The molecule has 0 fully saturated rings. The van der Waals surface area contributed by atoms with Crippen molar-refractivity contribution in [2.45, 2.75) is 13.3 Å². The molecule has 9 heavy (non-hydrogen) atoms. The van der Waals surface area contributed by atoms with Crippen LogP contribution in [0.25, 0.3) is 0 Å². The molecule has 1 atom stereocenters. The van der Waals surface area contributed by atoms with E-state index in [9.17, 15) is 4.79 Å². The summed E-state index contributed by atoms with van der Waals surface area (Å²) in [6.07, 6.45) is 1.70. The molecule has 0 heterocycles. The van der Waals surface area contributed by atoms with Crippen LogP contribution in [-0.2, 0) is 4.79 Å². The van der Waals surface area contributed by atoms with Crippen LogP contribution in [0.15, 0.2) is 5.16 Å². The standard InChI is InChI=1S/C5H10N2O2/c1-2-4(3-7-9)5(6)8/h3-4,9H,2H2,1H3,(H2,6,8). The summed E-state index contributed by atoms with van der Waals surface area (Å²) in [5, 5.41) is 10.7. The van der Waals surface area contributed by atoms with Gasteiger partial charge in [0.2, 0.25) is 5.91 Å². The lowest BCUT2D eigenvalue weighted by Crippen LogP contribution is -2.23. The number of carbonyl (C=O) groups is 1. The lowest BCUT2D eigenvalue weighted by Gasteiger charge is -1.99. The Hall–Kier alpha value is -1.06. The summed E-state index contributed by atoms with van der Waals surface area (Å²) in [5.74, 6) is -0.898. The van der Waals surface area contributed by atoms with E-state index in [4.69, 9.17) is 10.9 Å². The Labute approximate surface area is 53.3 Å². The molecule has 4 nitrogen and oxygen atoms in total. The zero-order valence-electron chi connectivity index (χ0n) is 5.24. The summed E-state index contributed by atoms with van der Waals surface area (Å²) in [7, 11) is 0. The van der Waals surface area contributed by atoms with Gasteiger partial charge in [0.25, 0.3) is 0 Å². The molecule has 3 N–H and O–H groups in total. The minimum atomic E-state index is -0.463. The first-order valence-corrected chi connectivity index (χ1v) is 2.69. The van der Waals surface area contributed by atoms with Crippen LogP contribution in [0.1, 0.15) is 13.3 Å². The predicted molar refractivity (Wildman–Crippen MR) is 33.3 cm³/mol. The van der Waals surface area contributed by atoms with Crippen molar-refractivity contribution < 1.29 is 10.0 Å². The third-order valence-electron chi connectivity index (χ3n) is 1.05. The van der Waals surface area contributed by atoms with Crippen molar-refractivity contribution in [1.29, 1.82) is 0 Å². The van der Waals surface area contributed by atoms with E-state index in [2.05, 4.69) is 5.16 Å². The van der Waals surface area contributed by atoms with Crippen LogP contribution in [0, 0.1) is 5.92 Å². The number of hydrogen-bond donors (Lipinski definition) is 2. The van der Waals surface area contributed by atoms with Crippen LogP contribution in [0.3, 0.4) is 0 Å². The lowest BCUT2D eigenvalue weighted by molar-refractivity contribution is -0.119. The number of oxime groups is 1. The topological polar surface area (TPSA) is 75.7 Å². The Balaban J connectivity index is 3.83. The fourth-order valence-electron chi connectivity index (χ4n) is 0.461. The second kappa shape index (κ2) is 3.88. The van der Waals surface area contributed by atoms with Crippen LogP contribution in [0.4, 0.5) is 0 Å². The molecule has 52 valence electrons. The lowest BCUT2D eigenvalue weighted by atomic mass is 10.1. The van der Waals surface area contributed by atoms with Crippen molar-refractivity contribution in [1.82, 2.24) is 0 Å². The minimum Gasteiger partial charge on any atom is -0.411 e. The normalized spacial score (nSPS) is 13.9. The van der Waals surface area contributed by atoms with Gasteiger partial charge < -0.3 is 10.9 Å². The smallest absolute Gasteiger partial charge is 0.226 e. The van der Waals surface area contributed by atoms with Crippen molar-refractivity contribution in [3.05, 3.63) is 0 Å². The fraction of sp³-hybridized carbons (Fsp3) is 0.600. The highest BCUT2D eigenvalue weighted by molar-refractivity contribution is 5.91. The molecule has 0 rings (SSSR count). The third kappa shape index (κ3) is 2.69. The van der Waals surface area contributed by atoms with Crippen molar-refractivity contribution in [2.75, 3.05) is 0 Å². The largest absolute Gasteiger partial charge is 0.411 e. The molecule has 1 amide bonds. The maximum atomic E-state index is 10.3.